The van der Waals surface area contributed by atoms with Gasteiger partial charge in [-0.15, -0.1) is 0 Å². The Morgan fingerprint density at radius 1 is 0.564 bits per heavy atom. The van der Waals surface area contributed by atoms with Gasteiger partial charge >= 0.3 is 0 Å². The minimum atomic E-state index is -0.511. The molecule has 8 nitrogen and oxygen atoms in total. The minimum absolute atomic E-state index is 0. The van der Waals surface area contributed by atoms with E-state index in [1.54, 1.807) is 28.4 Å². The molecule has 10 rings (SSSR count). The van der Waals surface area contributed by atoms with Crippen LogP contribution >= 0.6 is 23.2 Å². The Morgan fingerprint density at radius 2 is 1.02 bits per heavy atom. The predicted molar refractivity (Wildman–Crippen MR) is 217 cm³/mol. The van der Waals surface area contributed by atoms with Gasteiger partial charge in [0.2, 0.25) is 0 Å². The molecule has 10 heteroatoms. The molecule has 0 heterocycles. The number of phenols is 2. The average Bonchev–Trinajstić information content (AvgIpc) is 3.20. The fourth-order valence-electron chi connectivity index (χ4n) is 8.08. The first-order valence-corrected chi connectivity index (χ1v) is 17.9. The number of rotatable bonds is 4. The number of Topliss-reactive ketones (excluding diaryl/α,β-unsaturated/α-hetero) is 1. The van der Waals surface area contributed by atoms with E-state index < -0.39 is 11.8 Å². The number of carbonyl (C=O) groups is 2. The van der Waals surface area contributed by atoms with Crippen LogP contribution in [0.15, 0.2) is 114 Å². The standard InChI is InChI=1S/C22H17ClO4.C16H14O2.C6H5ClO2.CH4/c1-26-14-7-8-15(27-2)20-17-11-6-4-3-5-10(11)16(19(14)20)18-13(24)9-12(23)22(25)21(17)18;1-17-15-7-8-16(18-2)14-10-12-6-4-3-5-11(12)9-13(14)15;7-5-3-4(8)1-2-6(5)9;/h3-9,16-18,21H,1-2H3;3-10H,1-2H3;1-3,8-9H;1H4. The second-order valence-corrected chi connectivity index (χ2v) is 13.9. The van der Waals surface area contributed by atoms with Crippen molar-refractivity contribution in [3.05, 3.63) is 142 Å². The van der Waals surface area contributed by atoms with Gasteiger partial charge in [-0.05, 0) is 70.4 Å². The number of ketones is 2. The highest BCUT2D eigenvalue weighted by molar-refractivity contribution is 6.45. The summed E-state index contributed by atoms with van der Waals surface area (Å²) >= 11 is 11.5. The minimum Gasteiger partial charge on any atom is -0.508 e. The highest BCUT2D eigenvalue weighted by Crippen LogP contribution is 2.63. The molecule has 6 aromatic carbocycles. The van der Waals surface area contributed by atoms with Crippen molar-refractivity contribution in [1.29, 1.82) is 0 Å². The molecule has 282 valence electrons. The summed E-state index contributed by atoms with van der Waals surface area (Å²) in [5, 5.41) is 22.3. The van der Waals surface area contributed by atoms with Gasteiger partial charge in [0.1, 0.15) is 34.5 Å². The molecule has 0 saturated heterocycles. The zero-order valence-electron chi connectivity index (χ0n) is 29.8. The summed E-state index contributed by atoms with van der Waals surface area (Å²) in [6.45, 7) is 0. The predicted octanol–water partition coefficient (Wildman–Crippen LogP) is 10.2. The van der Waals surface area contributed by atoms with Crippen LogP contribution in [0.1, 0.15) is 41.5 Å². The third-order valence-electron chi connectivity index (χ3n) is 10.3. The molecule has 0 saturated carbocycles. The number of fused-ring (bicyclic) bond motifs is 2. The van der Waals surface area contributed by atoms with Gasteiger partial charge < -0.3 is 29.2 Å². The Hall–Kier alpha value is -5.70. The van der Waals surface area contributed by atoms with Crippen LogP contribution in [0.2, 0.25) is 5.02 Å². The molecule has 4 aliphatic carbocycles. The van der Waals surface area contributed by atoms with E-state index in [2.05, 4.69) is 24.3 Å². The number of hydrogen-bond acceptors (Lipinski definition) is 8. The monoisotopic (exact) mass is 778 g/mol. The smallest absolute Gasteiger partial charge is 0.179 e. The number of ether oxygens (including phenoxy) is 4. The van der Waals surface area contributed by atoms with Crippen LogP contribution in [0.3, 0.4) is 0 Å². The van der Waals surface area contributed by atoms with Gasteiger partial charge in [0.05, 0.1) is 38.5 Å². The Labute approximate surface area is 329 Å². The van der Waals surface area contributed by atoms with Crippen molar-refractivity contribution in [3.63, 3.8) is 0 Å². The number of methoxy groups -OCH3 is 4. The maximum absolute atomic E-state index is 13.0. The lowest BCUT2D eigenvalue weighted by atomic mass is 9.51. The number of allylic oxidation sites excluding steroid dienone is 2. The van der Waals surface area contributed by atoms with Gasteiger partial charge in [0.25, 0.3) is 0 Å². The molecule has 4 unspecified atom stereocenters. The lowest BCUT2D eigenvalue weighted by Crippen LogP contribution is -2.49. The van der Waals surface area contributed by atoms with E-state index in [9.17, 15) is 9.59 Å². The summed E-state index contributed by atoms with van der Waals surface area (Å²) in [4.78, 5) is 26.0. The molecule has 0 fully saturated rings. The average molecular weight is 780 g/mol. The first-order chi connectivity index (χ1) is 26.1. The van der Waals surface area contributed by atoms with Crippen molar-refractivity contribution >= 4 is 56.3 Å². The second kappa shape index (κ2) is 16.0. The van der Waals surface area contributed by atoms with Crippen molar-refractivity contribution in [2.75, 3.05) is 28.4 Å². The van der Waals surface area contributed by atoms with Crippen LogP contribution in [0.25, 0.3) is 21.5 Å². The number of benzene rings is 6. The quantitative estimate of drug-likeness (QED) is 0.134. The van der Waals surface area contributed by atoms with E-state index in [-0.39, 0.29) is 52.4 Å². The SMILES string of the molecule is C.COc1ccc(OC)c2c1C1c3ccccc3C2C2C(=O)C(Cl)=CC(=O)C12.COc1ccc(OC)c2cc3ccccc3cc12.Oc1ccc(O)c(Cl)c1. The first-order valence-electron chi connectivity index (χ1n) is 17.1. The summed E-state index contributed by atoms with van der Waals surface area (Å²) in [5.41, 5.74) is 4.04. The maximum atomic E-state index is 13.0. The molecule has 2 N–H and O–H groups in total. The van der Waals surface area contributed by atoms with Gasteiger partial charge in [-0.25, -0.2) is 0 Å². The highest BCUT2D eigenvalue weighted by atomic mass is 35.5. The van der Waals surface area contributed by atoms with Gasteiger partial charge in [-0.2, -0.15) is 0 Å². The summed E-state index contributed by atoms with van der Waals surface area (Å²) in [6.07, 6.45) is 1.29. The lowest BCUT2D eigenvalue weighted by molar-refractivity contribution is -0.131. The fourth-order valence-corrected chi connectivity index (χ4v) is 8.49. The molecule has 0 aliphatic heterocycles. The van der Waals surface area contributed by atoms with Gasteiger partial charge in [-0.1, -0.05) is 79.2 Å². The molecule has 0 amide bonds. The van der Waals surface area contributed by atoms with Crippen LogP contribution < -0.4 is 18.9 Å². The zero-order chi connectivity index (χ0) is 38.3. The van der Waals surface area contributed by atoms with Crippen molar-refractivity contribution < 1.29 is 38.7 Å². The Balaban J connectivity index is 0.000000158. The third-order valence-corrected chi connectivity index (χ3v) is 10.9. The maximum Gasteiger partial charge on any atom is 0.179 e. The van der Waals surface area contributed by atoms with E-state index in [1.807, 2.05) is 60.7 Å². The van der Waals surface area contributed by atoms with Crippen LogP contribution in [-0.4, -0.2) is 50.2 Å². The topological polar surface area (TPSA) is 112 Å². The molecule has 6 aromatic rings. The van der Waals surface area contributed by atoms with Crippen LogP contribution in [-0.2, 0) is 9.59 Å². The van der Waals surface area contributed by atoms with E-state index in [1.165, 1.54) is 35.0 Å². The molecule has 55 heavy (non-hydrogen) atoms. The van der Waals surface area contributed by atoms with E-state index in [0.29, 0.717) is 5.75 Å². The van der Waals surface area contributed by atoms with Crippen molar-refractivity contribution in [2.45, 2.75) is 19.3 Å². The molecule has 0 aromatic heterocycles. The molecular weight excluding hydrogens is 739 g/mol. The number of aromatic hydroxyl groups is 2. The van der Waals surface area contributed by atoms with E-state index in [4.69, 9.17) is 52.4 Å². The van der Waals surface area contributed by atoms with Crippen molar-refractivity contribution in [3.8, 4) is 34.5 Å². The summed E-state index contributed by atoms with van der Waals surface area (Å²) in [5.74, 6) is 1.43. The van der Waals surface area contributed by atoms with Crippen LogP contribution in [0.4, 0.5) is 0 Å². The molecular formula is C45H40Cl2O8. The Bertz CT molecular complexity index is 2410. The Kier molecular flexibility index (Phi) is 11.3. The molecule has 0 spiro atoms. The normalized spacial score (nSPS) is 18.5. The van der Waals surface area contributed by atoms with Crippen LogP contribution in [0.5, 0.6) is 34.5 Å². The van der Waals surface area contributed by atoms with Crippen molar-refractivity contribution in [2.24, 2.45) is 11.8 Å². The van der Waals surface area contributed by atoms with Gasteiger partial charge in [0.15, 0.2) is 11.6 Å². The Morgan fingerprint density at radius 3 is 1.47 bits per heavy atom. The third kappa shape index (κ3) is 6.81. The van der Waals surface area contributed by atoms with Crippen LogP contribution in [0, 0.1) is 11.8 Å². The molecule has 4 atom stereocenters. The van der Waals surface area contributed by atoms with E-state index >= 15 is 0 Å². The zero-order valence-corrected chi connectivity index (χ0v) is 31.3. The summed E-state index contributed by atoms with van der Waals surface area (Å²) < 4.78 is 22.1. The fraction of sp³-hybridized carbons (Fsp3) is 0.200. The van der Waals surface area contributed by atoms with E-state index in [0.717, 1.165) is 50.3 Å². The number of halogens is 2. The number of phenolic OH excluding ortho intramolecular Hbond substituents is 2. The largest absolute Gasteiger partial charge is 0.508 e. The summed E-state index contributed by atoms with van der Waals surface area (Å²) in [7, 11) is 6.62. The summed E-state index contributed by atoms with van der Waals surface area (Å²) in [6, 6.07) is 32.2. The van der Waals surface area contributed by atoms with Gasteiger partial charge in [0, 0.05) is 57.7 Å². The number of carbonyl (C=O) groups excluding carboxylic acids is 2. The number of hydrogen-bond donors (Lipinski definition) is 2. The molecule has 2 bridgehead atoms. The lowest BCUT2D eigenvalue weighted by Gasteiger charge is -2.50. The molecule has 4 aliphatic rings. The first kappa shape index (κ1) is 39.0. The second-order valence-electron chi connectivity index (χ2n) is 13.0. The highest BCUT2D eigenvalue weighted by Gasteiger charge is 2.58. The van der Waals surface area contributed by atoms with Crippen molar-refractivity contribution in [1.82, 2.24) is 0 Å². The molecule has 0 radical (unpaired) electrons. The van der Waals surface area contributed by atoms with Gasteiger partial charge in [-0.3, -0.25) is 9.59 Å².